The Labute approximate surface area is 420 Å². The maximum Gasteiger partial charge on any atom is 0.0775 e. The molecular formula is C67H56N2Si2. The van der Waals surface area contributed by atoms with E-state index in [1.807, 2.05) is 0 Å². The Hall–Kier alpha value is -7.77. The van der Waals surface area contributed by atoms with Crippen molar-refractivity contribution in [2.75, 3.05) is 9.80 Å². The molecule has 2 aliphatic rings. The molecule has 13 rings (SSSR count). The fourth-order valence-corrected chi connectivity index (χ4v) is 14.5. The van der Waals surface area contributed by atoms with Gasteiger partial charge in [-0.15, -0.1) is 0 Å². The highest BCUT2D eigenvalue weighted by Crippen LogP contribution is 2.63. The number of fused-ring (bicyclic) bond motifs is 11. The second-order valence-corrected chi connectivity index (χ2v) is 31.8. The standard InChI is InChI=1S/C67H56N2Si2/c1-70(2,3)50-37-32-47(33-38-50)68(63-30-15-20-45-18-7-9-22-52(45)63)49-36-41-56-57-42-43-65(69(48-34-39-51(40-35-48)71(4,5)6)64-31-16-21-46-19-8-10-23-53(46)64)58-26-17-29-61(66(57)58)67(62(56)44-49)59-27-13-11-24-54(59)55-25-12-14-28-60(55)67/h7-44H,1-6H3. The van der Waals surface area contributed by atoms with E-state index < -0.39 is 21.6 Å². The third kappa shape index (κ3) is 6.65. The smallest absolute Gasteiger partial charge is 0.0775 e. The van der Waals surface area contributed by atoms with Gasteiger partial charge in [0.05, 0.1) is 38.6 Å². The maximum absolute atomic E-state index is 2.54. The monoisotopic (exact) mass is 944 g/mol. The first-order valence-electron chi connectivity index (χ1n) is 25.2. The molecule has 0 atom stereocenters. The summed E-state index contributed by atoms with van der Waals surface area (Å²) in [6, 6.07) is 87.7. The van der Waals surface area contributed by atoms with Gasteiger partial charge in [-0.05, 0) is 115 Å². The molecule has 0 fully saturated rings. The van der Waals surface area contributed by atoms with Gasteiger partial charge >= 0.3 is 0 Å². The molecule has 1 spiro atoms. The topological polar surface area (TPSA) is 6.48 Å². The van der Waals surface area contributed by atoms with E-state index in [1.165, 1.54) is 104 Å². The van der Waals surface area contributed by atoms with E-state index in [0.29, 0.717) is 0 Å². The van der Waals surface area contributed by atoms with E-state index in [2.05, 4.69) is 280 Å². The molecule has 0 bridgehead atoms. The number of hydrogen-bond acceptors (Lipinski definition) is 2. The Kier molecular flexibility index (Phi) is 9.84. The lowest BCUT2D eigenvalue weighted by Crippen LogP contribution is -2.37. The Bertz CT molecular complexity index is 3860. The zero-order valence-corrected chi connectivity index (χ0v) is 43.3. The second-order valence-electron chi connectivity index (χ2n) is 21.7. The van der Waals surface area contributed by atoms with Gasteiger partial charge in [0, 0.05) is 33.2 Å². The number of hydrogen-bond donors (Lipinski definition) is 0. The first-order valence-corrected chi connectivity index (χ1v) is 32.2. The highest BCUT2D eigenvalue weighted by Gasteiger charge is 2.50. The van der Waals surface area contributed by atoms with Crippen LogP contribution in [0.15, 0.2) is 231 Å². The molecule has 0 heterocycles. The largest absolute Gasteiger partial charge is 0.310 e. The van der Waals surface area contributed by atoms with E-state index in [1.54, 1.807) is 0 Å². The average molecular weight is 945 g/mol. The Morgan fingerprint density at radius 2 is 0.704 bits per heavy atom. The van der Waals surface area contributed by atoms with E-state index >= 15 is 0 Å². The minimum atomic E-state index is -1.55. The van der Waals surface area contributed by atoms with Crippen LogP contribution in [0.2, 0.25) is 39.3 Å². The number of rotatable bonds is 8. The zero-order valence-electron chi connectivity index (χ0n) is 41.3. The first-order chi connectivity index (χ1) is 34.5. The highest BCUT2D eigenvalue weighted by atomic mass is 28.3. The number of nitrogens with zero attached hydrogens (tertiary/aromatic N) is 2. The Morgan fingerprint density at radius 1 is 0.296 bits per heavy atom. The predicted octanol–water partition coefficient (Wildman–Crippen LogP) is 17.5. The van der Waals surface area contributed by atoms with Crippen molar-refractivity contribution in [1.82, 2.24) is 0 Å². The fraction of sp³-hybridized carbons (Fsp3) is 0.104. The molecule has 2 aliphatic carbocycles. The lowest BCUT2D eigenvalue weighted by atomic mass is 9.61. The molecule has 0 aromatic heterocycles. The molecule has 0 saturated carbocycles. The van der Waals surface area contributed by atoms with Crippen molar-refractivity contribution in [3.63, 3.8) is 0 Å². The molecule has 0 unspecified atom stereocenters. The van der Waals surface area contributed by atoms with Crippen LogP contribution < -0.4 is 20.2 Å². The Morgan fingerprint density at radius 3 is 1.28 bits per heavy atom. The second kappa shape index (κ2) is 16.1. The van der Waals surface area contributed by atoms with Crippen molar-refractivity contribution in [3.8, 4) is 22.3 Å². The molecule has 0 aliphatic heterocycles. The summed E-state index contributed by atoms with van der Waals surface area (Å²) in [6.45, 7) is 14.6. The van der Waals surface area contributed by atoms with E-state index in [9.17, 15) is 0 Å². The van der Waals surface area contributed by atoms with Crippen molar-refractivity contribution >= 4 is 93.0 Å². The lowest BCUT2D eigenvalue weighted by Gasteiger charge is -2.41. The summed E-state index contributed by atoms with van der Waals surface area (Å²) in [5.41, 5.74) is 16.7. The van der Waals surface area contributed by atoms with Gasteiger partial charge in [0.1, 0.15) is 0 Å². The van der Waals surface area contributed by atoms with Crippen LogP contribution in [-0.2, 0) is 5.41 Å². The molecule has 71 heavy (non-hydrogen) atoms. The summed E-state index contributed by atoms with van der Waals surface area (Å²) in [4.78, 5) is 5.03. The normalized spacial score (nSPS) is 13.3. The van der Waals surface area contributed by atoms with Crippen LogP contribution in [0.5, 0.6) is 0 Å². The van der Waals surface area contributed by atoms with E-state index in [-0.39, 0.29) is 0 Å². The van der Waals surface area contributed by atoms with Gasteiger partial charge in [-0.3, -0.25) is 0 Å². The molecule has 0 N–H and O–H groups in total. The maximum atomic E-state index is 2.54. The first kappa shape index (κ1) is 43.3. The van der Waals surface area contributed by atoms with Crippen LogP contribution in [0, 0.1) is 0 Å². The van der Waals surface area contributed by atoms with Gasteiger partial charge in [-0.1, -0.05) is 226 Å². The van der Waals surface area contributed by atoms with Crippen molar-refractivity contribution in [2.45, 2.75) is 44.7 Å². The summed E-state index contributed by atoms with van der Waals surface area (Å²) >= 11 is 0. The van der Waals surface area contributed by atoms with Crippen molar-refractivity contribution in [1.29, 1.82) is 0 Å². The molecule has 0 radical (unpaired) electrons. The number of anilines is 6. The van der Waals surface area contributed by atoms with Crippen LogP contribution in [0.25, 0.3) is 54.6 Å². The van der Waals surface area contributed by atoms with Gasteiger partial charge in [0.15, 0.2) is 0 Å². The van der Waals surface area contributed by atoms with Crippen LogP contribution in [0.3, 0.4) is 0 Å². The van der Waals surface area contributed by atoms with Crippen LogP contribution in [-0.4, -0.2) is 16.1 Å². The molecular weight excluding hydrogens is 889 g/mol. The highest BCUT2D eigenvalue weighted by molar-refractivity contribution is 6.89. The van der Waals surface area contributed by atoms with Gasteiger partial charge in [0.25, 0.3) is 0 Å². The molecule has 0 saturated heterocycles. The minimum absolute atomic E-state index is 0.612. The Balaban J connectivity index is 1.11. The van der Waals surface area contributed by atoms with Crippen LogP contribution >= 0.6 is 0 Å². The van der Waals surface area contributed by atoms with E-state index in [4.69, 9.17) is 0 Å². The molecule has 0 amide bonds. The van der Waals surface area contributed by atoms with Crippen LogP contribution in [0.1, 0.15) is 22.3 Å². The molecule has 11 aromatic rings. The van der Waals surface area contributed by atoms with Crippen molar-refractivity contribution in [2.24, 2.45) is 0 Å². The summed E-state index contributed by atoms with van der Waals surface area (Å²) < 4.78 is 0. The van der Waals surface area contributed by atoms with Gasteiger partial charge < -0.3 is 9.80 Å². The molecule has 11 aromatic carbocycles. The average Bonchev–Trinajstić information content (AvgIpc) is 3.69. The van der Waals surface area contributed by atoms with E-state index in [0.717, 1.165) is 17.1 Å². The molecule has 342 valence electrons. The van der Waals surface area contributed by atoms with Gasteiger partial charge in [-0.25, -0.2) is 0 Å². The molecule has 4 heteroatoms. The molecule has 2 nitrogen and oxygen atoms in total. The summed E-state index contributed by atoms with van der Waals surface area (Å²) in [7, 11) is -3.10. The fourth-order valence-electron chi connectivity index (χ4n) is 12.2. The predicted molar refractivity (Wildman–Crippen MR) is 311 cm³/mol. The SMILES string of the molecule is C[Si](C)(C)c1ccc(N(c2ccc3c(c2)C2(c4ccccc4-c4ccccc42)c2cccc4c(N(c5ccc([Si](C)(C)C)cc5)c5cccc6ccccc56)ccc-3c24)c2cccc3ccccc23)cc1. The number of benzene rings is 11. The van der Waals surface area contributed by atoms with Gasteiger partial charge in [-0.2, -0.15) is 0 Å². The quantitative estimate of drug-likeness (QED) is 0.140. The lowest BCUT2D eigenvalue weighted by molar-refractivity contribution is 0.773. The third-order valence-electron chi connectivity index (χ3n) is 15.6. The summed E-state index contributed by atoms with van der Waals surface area (Å²) in [6.07, 6.45) is 0. The van der Waals surface area contributed by atoms with Crippen molar-refractivity contribution in [3.05, 3.63) is 253 Å². The van der Waals surface area contributed by atoms with Crippen LogP contribution in [0.4, 0.5) is 34.1 Å². The minimum Gasteiger partial charge on any atom is -0.310 e. The zero-order chi connectivity index (χ0) is 48.2. The van der Waals surface area contributed by atoms with Gasteiger partial charge in [0.2, 0.25) is 0 Å². The summed E-state index contributed by atoms with van der Waals surface area (Å²) in [5, 5.41) is 10.3. The summed E-state index contributed by atoms with van der Waals surface area (Å²) in [5.74, 6) is 0. The van der Waals surface area contributed by atoms with Crippen molar-refractivity contribution < 1.29 is 0 Å². The third-order valence-corrected chi connectivity index (χ3v) is 19.7.